The number of benzene rings is 1. The fourth-order valence-corrected chi connectivity index (χ4v) is 2.67. The molecule has 2 aromatic rings. The molecule has 0 radical (unpaired) electrons. The third-order valence-electron chi connectivity index (χ3n) is 2.35. The molecule has 3 heteroatoms. The fourth-order valence-electron chi connectivity index (χ4n) is 1.38. The smallest absolute Gasteiger partial charge is 0.125 e. The highest BCUT2D eigenvalue weighted by Gasteiger charge is 2.18. The molecule has 0 saturated heterocycles. The Morgan fingerprint density at radius 1 is 1.19 bits per heavy atom. The standard InChI is InChI=1S/C13H14ClNS/c1-13(2,3)11-8-15-12(16-11)9-6-4-5-7-10(9)14/h4-8H,1-3H3. The Hall–Kier alpha value is -0.860. The van der Waals surface area contributed by atoms with Crippen molar-refractivity contribution < 1.29 is 0 Å². The molecule has 2 rings (SSSR count). The van der Waals surface area contributed by atoms with Crippen molar-refractivity contribution in [3.8, 4) is 10.6 Å². The summed E-state index contributed by atoms with van der Waals surface area (Å²) in [6.45, 7) is 6.57. The number of nitrogens with zero attached hydrogens (tertiary/aromatic N) is 1. The van der Waals surface area contributed by atoms with Gasteiger partial charge in [-0.1, -0.05) is 50.6 Å². The maximum absolute atomic E-state index is 6.15. The highest BCUT2D eigenvalue weighted by atomic mass is 35.5. The van der Waals surface area contributed by atoms with Crippen molar-refractivity contribution >= 4 is 22.9 Å². The zero-order valence-corrected chi connectivity index (χ0v) is 11.2. The van der Waals surface area contributed by atoms with E-state index in [-0.39, 0.29) is 5.41 Å². The van der Waals surface area contributed by atoms with Crippen LogP contribution in [0, 0.1) is 0 Å². The predicted molar refractivity (Wildman–Crippen MR) is 71.3 cm³/mol. The lowest BCUT2D eigenvalue weighted by molar-refractivity contribution is 0.602. The van der Waals surface area contributed by atoms with Gasteiger partial charge in [0.15, 0.2) is 0 Å². The van der Waals surface area contributed by atoms with Gasteiger partial charge < -0.3 is 0 Å². The molecule has 0 spiro atoms. The van der Waals surface area contributed by atoms with E-state index in [2.05, 4.69) is 25.8 Å². The van der Waals surface area contributed by atoms with Gasteiger partial charge >= 0.3 is 0 Å². The first-order valence-corrected chi connectivity index (χ1v) is 6.39. The monoisotopic (exact) mass is 251 g/mol. The third kappa shape index (κ3) is 2.28. The fraction of sp³-hybridized carbons (Fsp3) is 0.308. The van der Waals surface area contributed by atoms with Crippen LogP contribution in [-0.2, 0) is 5.41 Å². The molecule has 1 aromatic heterocycles. The van der Waals surface area contributed by atoms with Gasteiger partial charge in [0.2, 0.25) is 0 Å². The topological polar surface area (TPSA) is 12.9 Å². The van der Waals surface area contributed by atoms with Crippen LogP contribution in [-0.4, -0.2) is 4.98 Å². The number of rotatable bonds is 1. The van der Waals surface area contributed by atoms with Gasteiger partial charge in [-0.05, 0) is 11.5 Å². The van der Waals surface area contributed by atoms with Crippen molar-refractivity contribution in [2.24, 2.45) is 0 Å². The van der Waals surface area contributed by atoms with E-state index in [0.717, 1.165) is 15.6 Å². The van der Waals surface area contributed by atoms with Gasteiger partial charge in [-0.25, -0.2) is 4.98 Å². The average Bonchev–Trinajstić information content (AvgIpc) is 2.66. The predicted octanol–water partition coefficient (Wildman–Crippen LogP) is 4.76. The maximum atomic E-state index is 6.15. The molecule has 0 fully saturated rings. The van der Waals surface area contributed by atoms with Crippen LogP contribution in [0.2, 0.25) is 5.02 Å². The SMILES string of the molecule is CC(C)(C)c1cnc(-c2ccccc2Cl)s1. The lowest BCUT2D eigenvalue weighted by Gasteiger charge is -2.14. The normalized spacial score (nSPS) is 11.8. The van der Waals surface area contributed by atoms with E-state index in [4.69, 9.17) is 11.6 Å². The summed E-state index contributed by atoms with van der Waals surface area (Å²) < 4.78 is 0. The summed E-state index contributed by atoms with van der Waals surface area (Å²) in [5, 5.41) is 1.76. The quantitative estimate of drug-likeness (QED) is 0.712. The molecule has 0 atom stereocenters. The van der Waals surface area contributed by atoms with E-state index in [1.807, 2.05) is 30.5 Å². The second-order valence-electron chi connectivity index (χ2n) is 4.76. The summed E-state index contributed by atoms with van der Waals surface area (Å²) in [5.41, 5.74) is 1.17. The zero-order chi connectivity index (χ0) is 11.8. The minimum atomic E-state index is 0.150. The van der Waals surface area contributed by atoms with Crippen molar-refractivity contribution in [2.45, 2.75) is 26.2 Å². The Morgan fingerprint density at radius 3 is 2.44 bits per heavy atom. The molecule has 1 aromatic carbocycles. The Kier molecular flexibility index (Phi) is 3.04. The van der Waals surface area contributed by atoms with Gasteiger partial charge in [0, 0.05) is 16.6 Å². The van der Waals surface area contributed by atoms with Crippen LogP contribution in [0.1, 0.15) is 25.6 Å². The number of hydrogen-bond donors (Lipinski definition) is 0. The molecule has 0 bridgehead atoms. The van der Waals surface area contributed by atoms with Gasteiger partial charge in [0.25, 0.3) is 0 Å². The second kappa shape index (κ2) is 4.19. The first-order chi connectivity index (χ1) is 7.48. The van der Waals surface area contributed by atoms with Crippen molar-refractivity contribution in [3.05, 3.63) is 40.4 Å². The molecule has 16 heavy (non-hydrogen) atoms. The number of halogens is 1. The van der Waals surface area contributed by atoms with Crippen molar-refractivity contribution in [1.29, 1.82) is 0 Å². The van der Waals surface area contributed by atoms with Crippen LogP contribution < -0.4 is 0 Å². The summed E-state index contributed by atoms with van der Waals surface area (Å²) in [4.78, 5) is 5.73. The number of hydrogen-bond acceptors (Lipinski definition) is 2. The van der Waals surface area contributed by atoms with Crippen LogP contribution in [0.25, 0.3) is 10.6 Å². The molecule has 0 N–H and O–H groups in total. The highest BCUT2D eigenvalue weighted by Crippen LogP contribution is 2.35. The van der Waals surface area contributed by atoms with E-state index in [1.54, 1.807) is 11.3 Å². The van der Waals surface area contributed by atoms with E-state index < -0.39 is 0 Å². The summed E-state index contributed by atoms with van der Waals surface area (Å²) in [6.07, 6.45) is 1.95. The first kappa shape index (κ1) is 11.6. The number of aromatic nitrogens is 1. The molecular weight excluding hydrogens is 238 g/mol. The van der Waals surface area contributed by atoms with Crippen LogP contribution in [0.4, 0.5) is 0 Å². The van der Waals surface area contributed by atoms with Crippen molar-refractivity contribution in [3.63, 3.8) is 0 Å². The molecule has 0 aliphatic heterocycles. The summed E-state index contributed by atoms with van der Waals surface area (Å²) >= 11 is 7.86. The van der Waals surface area contributed by atoms with Gasteiger partial charge in [0.05, 0.1) is 5.02 Å². The van der Waals surface area contributed by atoms with Crippen LogP contribution in [0.3, 0.4) is 0 Å². The highest BCUT2D eigenvalue weighted by molar-refractivity contribution is 7.15. The Morgan fingerprint density at radius 2 is 1.88 bits per heavy atom. The molecule has 84 valence electrons. The van der Waals surface area contributed by atoms with E-state index >= 15 is 0 Å². The summed E-state index contributed by atoms with van der Waals surface area (Å²) in [5.74, 6) is 0. The Bertz CT molecular complexity index is 497. The Labute approximate surface area is 105 Å². The molecule has 1 heterocycles. The largest absolute Gasteiger partial charge is 0.244 e. The minimum Gasteiger partial charge on any atom is -0.244 e. The van der Waals surface area contributed by atoms with Crippen LogP contribution in [0.5, 0.6) is 0 Å². The lowest BCUT2D eigenvalue weighted by atomic mass is 9.96. The minimum absolute atomic E-state index is 0.150. The van der Waals surface area contributed by atoms with Gasteiger partial charge in [-0.3, -0.25) is 0 Å². The second-order valence-corrected chi connectivity index (χ2v) is 6.20. The molecule has 0 aliphatic rings. The summed E-state index contributed by atoms with van der Waals surface area (Å²) in [6, 6.07) is 7.83. The summed E-state index contributed by atoms with van der Waals surface area (Å²) in [7, 11) is 0. The van der Waals surface area contributed by atoms with Gasteiger partial charge in [-0.15, -0.1) is 11.3 Å². The van der Waals surface area contributed by atoms with Crippen LogP contribution >= 0.6 is 22.9 Å². The van der Waals surface area contributed by atoms with Crippen molar-refractivity contribution in [1.82, 2.24) is 4.98 Å². The molecule has 0 unspecified atom stereocenters. The molecule has 0 saturated carbocycles. The van der Waals surface area contributed by atoms with Gasteiger partial charge in [0.1, 0.15) is 5.01 Å². The molecular formula is C13H14ClNS. The van der Waals surface area contributed by atoms with Crippen molar-refractivity contribution in [2.75, 3.05) is 0 Å². The first-order valence-electron chi connectivity index (χ1n) is 5.20. The van der Waals surface area contributed by atoms with E-state index in [0.29, 0.717) is 0 Å². The van der Waals surface area contributed by atoms with Gasteiger partial charge in [-0.2, -0.15) is 0 Å². The van der Waals surface area contributed by atoms with E-state index in [9.17, 15) is 0 Å². The molecule has 0 amide bonds. The molecule has 1 nitrogen and oxygen atoms in total. The number of thiazole rings is 1. The maximum Gasteiger partial charge on any atom is 0.125 e. The average molecular weight is 252 g/mol. The van der Waals surface area contributed by atoms with Crippen LogP contribution in [0.15, 0.2) is 30.5 Å². The zero-order valence-electron chi connectivity index (χ0n) is 9.62. The van der Waals surface area contributed by atoms with E-state index in [1.165, 1.54) is 4.88 Å². The lowest BCUT2D eigenvalue weighted by Crippen LogP contribution is -2.07. The third-order valence-corrected chi connectivity index (χ3v) is 4.14. The molecule has 0 aliphatic carbocycles. The Balaban J connectivity index is 2.44.